The molecule has 0 aromatic carbocycles. The molecule has 1 saturated heterocycles. The minimum atomic E-state index is -0.0268. The number of rotatable bonds is 3. The van der Waals surface area contributed by atoms with Crippen molar-refractivity contribution in [2.45, 2.75) is 25.8 Å². The molecule has 7 nitrogen and oxygen atoms in total. The molecule has 3 aromatic heterocycles. The minimum absolute atomic E-state index is 0.00965. The number of aromatic amines is 1. The van der Waals surface area contributed by atoms with E-state index in [1.54, 1.807) is 18.5 Å². The van der Waals surface area contributed by atoms with Gasteiger partial charge in [-0.2, -0.15) is 5.10 Å². The number of hydrogen-bond acceptors (Lipinski definition) is 4. The number of nitrogens with one attached hydrogen (secondary N) is 1. The lowest BCUT2D eigenvalue weighted by atomic mass is 10.1. The van der Waals surface area contributed by atoms with Crippen LogP contribution in [-0.4, -0.2) is 42.1 Å². The Balaban J connectivity index is 1.65. The highest BCUT2D eigenvalue weighted by Crippen LogP contribution is 2.32. The Morgan fingerprint density at radius 2 is 2.21 bits per heavy atom. The molecule has 1 amide bonds. The lowest BCUT2D eigenvalue weighted by Gasteiger charge is -2.24. The highest BCUT2D eigenvalue weighted by molar-refractivity contribution is 5.92. The maximum absolute atomic E-state index is 12.7. The van der Waals surface area contributed by atoms with E-state index in [1.165, 1.54) is 0 Å². The molecular formula is C17H18N6O. The monoisotopic (exact) mass is 322 g/mol. The summed E-state index contributed by atoms with van der Waals surface area (Å²) in [6, 6.07) is 7.61. The quantitative estimate of drug-likeness (QED) is 0.802. The number of carbonyl (C=O) groups is 1. The largest absolute Gasteiger partial charge is 0.329 e. The highest BCUT2D eigenvalue weighted by Gasteiger charge is 2.32. The van der Waals surface area contributed by atoms with Gasteiger partial charge in [-0.1, -0.05) is 6.07 Å². The Morgan fingerprint density at radius 3 is 2.96 bits per heavy atom. The molecule has 0 saturated carbocycles. The molecule has 0 spiro atoms. The van der Waals surface area contributed by atoms with Crippen molar-refractivity contribution in [3.05, 3.63) is 60.1 Å². The molecule has 0 radical (unpaired) electrons. The van der Waals surface area contributed by atoms with E-state index in [0.29, 0.717) is 5.69 Å². The summed E-state index contributed by atoms with van der Waals surface area (Å²) in [6.07, 6.45) is 7.13. The molecule has 1 N–H and O–H groups in total. The van der Waals surface area contributed by atoms with Crippen LogP contribution in [-0.2, 0) is 0 Å². The number of hydrogen-bond donors (Lipinski definition) is 1. The maximum Gasteiger partial charge on any atom is 0.272 e. The standard InChI is InChI=1S/C17H18N6O/c1-12-18-9-11-22(12)16-6-2-4-13(20-16)15-5-3-10-23(15)17(24)14-7-8-19-21-14/h2,4,6-9,11,15H,3,5,10H2,1H3,(H,19,21)/t15-/m1/s1. The van der Waals surface area contributed by atoms with Gasteiger partial charge in [0, 0.05) is 25.1 Å². The van der Waals surface area contributed by atoms with E-state index >= 15 is 0 Å². The van der Waals surface area contributed by atoms with Crippen LogP contribution in [0.15, 0.2) is 42.9 Å². The van der Waals surface area contributed by atoms with Crippen LogP contribution in [0.4, 0.5) is 0 Å². The van der Waals surface area contributed by atoms with Gasteiger partial charge in [-0.15, -0.1) is 0 Å². The molecule has 1 atom stereocenters. The normalized spacial score (nSPS) is 17.4. The molecule has 0 unspecified atom stereocenters. The molecule has 122 valence electrons. The molecule has 0 bridgehead atoms. The predicted octanol–water partition coefficient (Wildman–Crippen LogP) is 2.28. The number of nitrogens with zero attached hydrogens (tertiary/aromatic N) is 5. The molecule has 1 aliphatic heterocycles. The van der Waals surface area contributed by atoms with Gasteiger partial charge in [-0.05, 0) is 38.0 Å². The zero-order valence-corrected chi connectivity index (χ0v) is 13.4. The van der Waals surface area contributed by atoms with E-state index in [0.717, 1.165) is 36.7 Å². The fourth-order valence-electron chi connectivity index (χ4n) is 3.23. The lowest BCUT2D eigenvalue weighted by molar-refractivity contribution is 0.0727. The lowest BCUT2D eigenvalue weighted by Crippen LogP contribution is -2.31. The zero-order valence-electron chi connectivity index (χ0n) is 13.4. The van der Waals surface area contributed by atoms with Crippen molar-refractivity contribution < 1.29 is 4.79 Å². The van der Waals surface area contributed by atoms with Crippen molar-refractivity contribution in [2.75, 3.05) is 6.54 Å². The molecule has 24 heavy (non-hydrogen) atoms. The molecule has 3 aromatic rings. The summed E-state index contributed by atoms with van der Waals surface area (Å²) in [7, 11) is 0. The molecule has 0 aliphatic carbocycles. The van der Waals surface area contributed by atoms with Crippen LogP contribution in [0.2, 0.25) is 0 Å². The summed E-state index contributed by atoms with van der Waals surface area (Å²) in [5.41, 5.74) is 1.43. The third-order valence-electron chi connectivity index (χ3n) is 4.41. The van der Waals surface area contributed by atoms with Crippen LogP contribution in [0.1, 0.15) is 40.9 Å². The molecule has 1 fully saturated rings. The molecule has 4 rings (SSSR count). The van der Waals surface area contributed by atoms with E-state index in [-0.39, 0.29) is 11.9 Å². The first-order valence-corrected chi connectivity index (χ1v) is 8.01. The second-order valence-corrected chi connectivity index (χ2v) is 5.89. The van der Waals surface area contributed by atoms with Gasteiger partial charge >= 0.3 is 0 Å². The second kappa shape index (κ2) is 5.92. The van der Waals surface area contributed by atoms with Crippen molar-refractivity contribution in [1.29, 1.82) is 0 Å². The van der Waals surface area contributed by atoms with E-state index in [4.69, 9.17) is 4.98 Å². The Hall–Kier alpha value is -2.96. The highest BCUT2D eigenvalue weighted by atomic mass is 16.2. The Kier molecular flexibility index (Phi) is 3.60. The second-order valence-electron chi connectivity index (χ2n) is 5.89. The zero-order chi connectivity index (χ0) is 16.5. The van der Waals surface area contributed by atoms with Crippen molar-refractivity contribution >= 4 is 5.91 Å². The fraction of sp³-hybridized carbons (Fsp3) is 0.294. The smallest absolute Gasteiger partial charge is 0.272 e. The first kappa shape index (κ1) is 14.6. The summed E-state index contributed by atoms with van der Waals surface area (Å²) in [6.45, 7) is 2.68. The van der Waals surface area contributed by atoms with Gasteiger partial charge in [0.05, 0.1) is 11.7 Å². The number of imidazole rings is 1. The summed E-state index contributed by atoms with van der Waals surface area (Å²) in [5.74, 6) is 1.68. The SMILES string of the molecule is Cc1nccn1-c1cccc([C@H]2CCCN2C(=O)c2ccn[nH]2)n1. The number of likely N-dealkylation sites (tertiary alicyclic amines) is 1. The van der Waals surface area contributed by atoms with E-state index in [1.807, 2.05) is 40.8 Å². The number of amides is 1. The van der Waals surface area contributed by atoms with Gasteiger partial charge in [0.25, 0.3) is 5.91 Å². The average molecular weight is 322 g/mol. The molecule has 4 heterocycles. The molecular weight excluding hydrogens is 304 g/mol. The first-order chi connectivity index (χ1) is 11.7. The Labute approximate surface area is 139 Å². The van der Waals surface area contributed by atoms with E-state index < -0.39 is 0 Å². The molecule has 1 aliphatic rings. The average Bonchev–Trinajstić information content (AvgIpc) is 3.35. The minimum Gasteiger partial charge on any atom is -0.329 e. The summed E-state index contributed by atoms with van der Waals surface area (Å²) >= 11 is 0. The van der Waals surface area contributed by atoms with Gasteiger partial charge in [0.2, 0.25) is 0 Å². The van der Waals surface area contributed by atoms with Crippen molar-refractivity contribution in [1.82, 2.24) is 29.6 Å². The number of H-pyrrole nitrogens is 1. The topological polar surface area (TPSA) is 79.7 Å². The van der Waals surface area contributed by atoms with Crippen molar-refractivity contribution in [3.63, 3.8) is 0 Å². The van der Waals surface area contributed by atoms with Crippen molar-refractivity contribution in [3.8, 4) is 5.82 Å². The van der Waals surface area contributed by atoms with Gasteiger partial charge in [0.15, 0.2) is 0 Å². The third kappa shape index (κ3) is 2.47. The summed E-state index contributed by atoms with van der Waals surface area (Å²) in [4.78, 5) is 23.6. The van der Waals surface area contributed by atoms with Crippen LogP contribution in [0.5, 0.6) is 0 Å². The van der Waals surface area contributed by atoms with Crippen molar-refractivity contribution in [2.24, 2.45) is 0 Å². The fourth-order valence-corrected chi connectivity index (χ4v) is 3.23. The van der Waals surface area contributed by atoms with Crippen LogP contribution >= 0.6 is 0 Å². The number of carbonyl (C=O) groups excluding carboxylic acids is 1. The molecule has 7 heteroatoms. The first-order valence-electron chi connectivity index (χ1n) is 8.01. The number of aryl methyl sites for hydroxylation is 1. The predicted molar refractivity (Wildman–Crippen MR) is 87.7 cm³/mol. The Bertz CT molecular complexity index is 854. The van der Waals surface area contributed by atoms with Crippen LogP contribution < -0.4 is 0 Å². The van der Waals surface area contributed by atoms with E-state index in [2.05, 4.69) is 15.2 Å². The van der Waals surface area contributed by atoms with Gasteiger partial charge in [0.1, 0.15) is 17.3 Å². The third-order valence-corrected chi connectivity index (χ3v) is 4.41. The van der Waals surface area contributed by atoms with Gasteiger partial charge in [-0.25, -0.2) is 9.97 Å². The maximum atomic E-state index is 12.7. The summed E-state index contributed by atoms with van der Waals surface area (Å²) in [5, 5.41) is 6.62. The number of aromatic nitrogens is 5. The Morgan fingerprint density at radius 1 is 1.29 bits per heavy atom. The van der Waals surface area contributed by atoms with Gasteiger partial charge < -0.3 is 4.90 Å². The number of pyridine rings is 1. The van der Waals surface area contributed by atoms with Crippen LogP contribution in [0.3, 0.4) is 0 Å². The van der Waals surface area contributed by atoms with E-state index in [9.17, 15) is 4.79 Å². The van der Waals surface area contributed by atoms with Gasteiger partial charge in [-0.3, -0.25) is 14.5 Å². The van der Waals surface area contributed by atoms with Crippen LogP contribution in [0.25, 0.3) is 5.82 Å². The van der Waals surface area contributed by atoms with Crippen LogP contribution in [0, 0.1) is 6.92 Å². The summed E-state index contributed by atoms with van der Waals surface area (Å²) < 4.78 is 1.94.